The molecule has 1 atom stereocenters. The first kappa shape index (κ1) is 18.0. The zero-order valence-electron chi connectivity index (χ0n) is 14.7. The minimum Gasteiger partial charge on any atom is -0.461 e. The van der Waals surface area contributed by atoms with Crippen molar-refractivity contribution in [1.29, 1.82) is 0 Å². The number of anilines is 2. The Morgan fingerprint density at radius 2 is 1.92 bits per heavy atom. The van der Waals surface area contributed by atoms with E-state index in [1.807, 2.05) is 11.9 Å². The first-order valence-corrected chi connectivity index (χ1v) is 8.79. The summed E-state index contributed by atoms with van der Waals surface area (Å²) in [6, 6.07) is 8.41. The van der Waals surface area contributed by atoms with E-state index >= 15 is 0 Å². The van der Waals surface area contributed by atoms with Crippen LogP contribution in [0.5, 0.6) is 0 Å². The summed E-state index contributed by atoms with van der Waals surface area (Å²) in [5, 5.41) is 0. The summed E-state index contributed by atoms with van der Waals surface area (Å²) in [4.78, 5) is 14.9. The number of carbonyl (C=O) groups is 1. The molecule has 2 heterocycles. The number of nitrogens with zero attached hydrogens (tertiary/aromatic N) is 2. The second-order valence-corrected chi connectivity index (χ2v) is 6.58. The van der Waals surface area contributed by atoms with E-state index in [4.69, 9.17) is 19.9 Å². The molecule has 1 aromatic carbocycles. The standard InChI is InChI=1S/C18H27N3O4/c1-20(13-17(12-19)23-14-22)15-2-4-16(5-3-15)21-8-6-18(7-9-21)24-10-11-25-18/h2-5,14,17H,6-13,19H2,1H3. The van der Waals surface area contributed by atoms with Gasteiger partial charge in [-0.3, -0.25) is 4.79 Å². The first-order valence-electron chi connectivity index (χ1n) is 8.79. The molecule has 0 aliphatic carbocycles. The van der Waals surface area contributed by atoms with Gasteiger partial charge in [-0.15, -0.1) is 0 Å². The molecule has 138 valence electrons. The number of nitrogens with two attached hydrogens (primary N) is 1. The normalized spacial score (nSPS) is 20.5. The van der Waals surface area contributed by atoms with E-state index in [0.717, 1.165) is 31.6 Å². The monoisotopic (exact) mass is 349 g/mol. The molecule has 3 rings (SSSR count). The maximum absolute atomic E-state index is 10.5. The highest BCUT2D eigenvalue weighted by atomic mass is 16.7. The van der Waals surface area contributed by atoms with Gasteiger partial charge in [-0.05, 0) is 24.3 Å². The van der Waals surface area contributed by atoms with E-state index in [1.165, 1.54) is 5.69 Å². The van der Waals surface area contributed by atoms with Crippen LogP contribution in [-0.2, 0) is 19.0 Å². The second kappa shape index (κ2) is 8.03. The van der Waals surface area contributed by atoms with Crippen LogP contribution in [0.4, 0.5) is 11.4 Å². The summed E-state index contributed by atoms with van der Waals surface area (Å²) in [7, 11) is 1.96. The lowest BCUT2D eigenvalue weighted by atomic mass is 10.0. The van der Waals surface area contributed by atoms with E-state index < -0.39 is 0 Å². The minimum absolute atomic E-state index is 0.299. The SMILES string of the molecule is CN(CC(CN)OC=O)c1ccc(N2CCC3(CC2)OCCO3)cc1. The van der Waals surface area contributed by atoms with Crippen molar-refractivity contribution in [2.24, 2.45) is 5.73 Å². The first-order chi connectivity index (χ1) is 12.2. The Hall–Kier alpha value is -1.83. The molecule has 2 N–H and O–H groups in total. The fourth-order valence-corrected chi connectivity index (χ4v) is 3.47. The van der Waals surface area contributed by atoms with Crippen molar-refractivity contribution in [1.82, 2.24) is 0 Å². The molecule has 1 aromatic rings. The highest BCUT2D eigenvalue weighted by molar-refractivity contribution is 5.56. The Kier molecular flexibility index (Phi) is 5.78. The Bertz CT molecular complexity index is 550. The third kappa shape index (κ3) is 4.23. The quantitative estimate of drug-likeness (QED) is 0.735. The van der Waals surface area contributed by atoms with E-state index in [9.17, 15) is 4.79 Å². The summed E-state index contributed by atoms with van der Waals surface area (Å²) in [5.41, 5.74) is 7.88. The van der Waals surface area contributed by atoms with Crippen LogP contribution in [0.1, 0.15) is 12.8 Å². The zero-order chi connectivity index (χ0) is 17.7. The van der Waals surface area contributed by atoms with Crippen molar-refractivity contribution in [2.45, 2.75) is 24.7 Å². The van der Waals surface area contributed by atoms with Gasteiger partial charge in [0.05, 0.1) is 19.8 Å². The van der Waals surface area contributed by atoms with Crippen molar-refractivity contribution in [3.63, 3.8) is 0 Å². The number of rotatable bonds is 7. The third-order valence-electron chi connectivity index (χ3n) is 4.98. The summed E-state index contributed by atoms with van der Waals surface area (Å²) in [5.74, 6) is -0.341. The van der Waals surface area contributed by atoms with Crippen molar-refractivity contribution in [3.8, 4) is 0 Å². The average Bonchev–Trinajstić information content (AvgIpc) is 3.10. The molecule has 0 saturated carbocycles. The van der Waals surface area contributed by atoms with Crippen LogP contribution in [0.15, 0.2) is 24.3 Å². The highest BCUT2D eigenvalue weighted by Crippen LogP contribution is 2.33. The van der Waals surface area contributed by atoms with Gasteiger partial charge < -0.3 is 29.7 Å². The summed E-state index contributed by atoms with van der Waals surface area (Å²) in [6.45, 7) is 4.60. The highest BCUT2D eigenvalue weighted by Gasteiger charge is 2.39. The summed E-state index contributed by atoms with van der Waals surface area (Å²) >= 11 is 0. The van der Waals surface area contributed by atoms with Crippen LogP contribution in [0, 0.1) is 0 Å². The molecule has 2 aliphatic heterocycles. The Balaban J connectivity index is 1.56. The number of ether oxygens (including phenoxy) is 3. The summed E-state index contributed by atoms with van der Waals surface area (Å²) < 4.78 is 16.5. The number of benzene rings is 1. The van der Waals surface area contributed by atoms with Crippen LogP contribution in [0.25, 0.3) is 0 Å². The smallest absolute Gasteiger partial charge is 0.293 e. The largest absolute Gasteiger partial charge is 0.461 e. The minimum atomic E-state index is -0.341. The number of piperidine rings is 1. The van der Waals surface area contributed by atoms with Crippen LogP contribution in [0.3, 0.4) is 0 Å². The molecule has 25 heavy (non-hydrogen) atoms. The zero-order valence-corrected chi connectivity index (χ0v) is 14.7. The fraction of sp³-hybridized carbons (Fsp3) is 0.611. The molecule has 2 saturated heterocycles. The predicted molar refractivity (Wildman–Crippen MR) is 95.8 cm³/mol. The Morgan fingerprint density at radius 1 is 1.28 bits per heavy atom. The fourth-order valence-electron chi connectivity index (χ4n) is 3.47. The molecular weight excluding hydrogens is 322 g/mol. The van der Waals surface area contributed by atoms with Gasteiger partial charge in [0.1, 0.15) is 6.10 Å². The number of hydrogen-bond acceptors (Lipinski definition) is 7. The predicted octanol–water partition coefficient (Wildman–Crippen LogP) is 0.966. The van der Waals surface area contributed by atoms with Crippen LogP contribution < -0.4 is 15.5 Å². The van der Waals surface area contributed by atoms with Gasteiger partial charge in [0.25, 0.3) is 6.47 Å². The lowest BCUT2D eigenvalue weighted by Gasteiger charge is -2.38. The van der Waals surface area contributed by atoms with Gasteiger partial charge in [-0.2, -0.15) is 0 Å². The van der Waals surface area contributed by atoms with E-state index in [0.29, 0.717) is 32.8 Å². The average molecular weight is 349 g/mol. The number of likely N-dealkylation sites (N-methyl/N-ethyl adjacent to an activating group) is 1. The maximum Gasteiger partial charge on any atom is 0.293 e. The Labute approximate surface area is 148 Å². The van der Waals surface area contributed by atoms with Crippen LogP contribution >= 0.6 is 0 Å². The second-order valence-electron chi connectivity index (χ2n) is 6.58. The number of carbonyl (C=O) groups excluding carboxylic acids is 1. The van der Waals surface area contributed by atoms with Crippen molar-refractivity contribution in [2.75, 3.05) is 56.2 Å². The molecular formula is C18H27N3O4. The van der Waals surface area contributed by atoms with Gasteiger partial charge in [-0.25, -0.2) is 0 Å². The van der Waals surface area contributed by atoms with E-state index in [2.05, 4.69) is 29.2 Å². The van der Waals surface area contributed by atoms with Crippen LogP contribution in [0.2, 0.25) is 0 Å². The molecule has 0 bridgehead atoms. The van der Waals surface area contributed by atoms with E-state index in [-0.39, 0.29) is 11.9 Å². The number of hydrogen-bond donors (Lipinski definition) is 1. The van der Waals surface area contributed by atoms with Gasteiger partial charge in [0.15, 0.2) is 5.79 Å². The molecule has 2 fully saturated rings. The molecule has 7 heteroatoms. The van der Waals surface area contributed by atoms with Gasteiger partial charge in [0.2, 0.25) is 0 Å². The lowest BCUT2D eigenvalue weighted by molar-refractivity contribution is -0.169. The van der Waals surface area contributed by atoms with Gasteiger partial charge in [0, 0.05) is 50.9 Å². The topological polar surface area (TPSA) is 77.3 Å². The molecule has 0 aromatic heterocycles. The van der Waals surface area contributed by atoms with Gasteiger partial charge >= 0.3 is 0 Å². The molecule has 1 unspecified atom stereocenters. The molecule has 2 aliphatic rings. The van der Waals surface area contributed by atoms with Crippen LogP contribution in [-0.4, -0.2) is 64.8 Å². The Morgan fingerprint density at radius 3 is 2.48 bits per heavy atom. The van der Waals surface area contributed by atoms with E-state index in [1.54, 1.807) is 0 Å². The molecule has 0 amide bonds. The van der Waals surface area contributed by atoms with Crippen molar-refractivity contribution >= 4 is 17.8 Å². The molecule has 7 nitrogen and oxygen atoms in total. The molecule has 1 spiro atoms. The summed E-state index contributed by atoms with van der Waals surface area (Å²) in [6.07, 6.45) is 1.50. The maximum atomic E-state index is 10.5. The van der Waals surface area contributed by atoms with Gasteiger partial charge in [-0.1, -0.05) is 0 Å². The third-order valence-corrected chi connectivity index (χ3v) is 4.98. The molecule has 0 radical (unpaired) electrons. The lowest BCUT2D eigenvalue weighted by Crippen LogP contribution is -2.45. The van der Waals surface area contributed by atoms with Crippen molar-refractivity contribution < 1.29 is 19.0 Å². The van der Waals surface area contributed by atoms with Crippen molar-refractivity contribution in [3.05, 3.63) is 24.3 Å².